The van der Waals surface area contributed by atoms with Crippen molar-refractivity contribution in [2.24, 2.45) is 17.8 Å². The van der Waals surface area contributed by atoms with E-state index in [0.29, 0.717) is 17.0 Å². The third kappa shape index (κ3) is 3.22. The van der Waals surface area contributed by atoms with Crippen LogP contribution in [0.25, 0.3) is 0 Å². The van der Waals surface area contributed by atoms with Crippen LogP contribution in [0.1, 0.15) is 24.3 Å². The van der Waals surface area contributed by atoms with Crippen LogP contribution in [0.2, 0.25) is 0 Å². The molecule has 6 atom stereocenters. The first kappa shape index (κ1) is 26.7. The number of para-hydroxylation sites is 1. The minimum atomic E-state index is -2.04. The summed E-state index contributed by atoms with van der Waals surface area (Å²) >= 11 is 14.4. The van der Waals surface area contributed by atoms with Gasteiger partial charge in [-0.2, -0.15) is 0 Å². The number of benzene rings is 2. The zero-order valence-corrected chi connectivity index (χ0v) is 23.4. The molecule has 6 unspecified atom stereocenters. The van der Waals surface area contributed by atoms with Gasteiger partial charge in [0.2, 0.25) is 11.8 Å². The van der Waals surface area contributed by atoms with E-state index >= 15 is 0 Å². The monoisotopic (exact) mass is 584 g/mol. The number of anilines is 1. The van der Waals surface area contributed by atoms with E-state index in [-0.39, 0.29) is 35.8 Å². The van der Waals surface area contributed by atoms with Gasteiger partial charge in [0, 0.05) is 30.7 Å². The highest BCUT2D eigenvalue weighted by Gasteiger charge is 2.76. The van der Waals surface area contributed by atoms with Gasteiger partial charge in [-0.1, -0.05) is 29.8 Å². The van der Waals surface area contributed by atoms with E-state index in [9.17, 15) is 24.3 Å². The molecule has 0 spiro atoms. The third-order valence-corrected chi connectivity index (χ3v) is 10.3. The van der Waals surface area contributed by atoms with Crippen molar-refractivity contribution in [2.75, 3.05) is 26.2 Å². The molecule has 2 aliphatic heterocycles. The number of amides is 4. The third-order valence-electron chi connectivity index (χ3n) is 8.87. The van der Waals surface area contributed by atoms with Crippen LogP contribution in [0, 0.1) is 17.8 Å². The molecule has 2 aromatic rings. The minimum absolute atomic E-state index is 0.142. The molecular weight excluding hydrogens is 559 g/mol. The van der Waals surface area contributed by atoms with Crippen LogP contribution in [-0.2, 0) is 19.2 Å². The number of fused-ring (bicyclic) bond motifs is 4. The molecule has 1 N–H and O–H groups in total. The van der Waals surface area contributed by atoms with Gasteiger partial charge in [-0.3, -0.25) is 29.0 Å². The molecule has 6 rings (SSSR count). The Bertz CT molecular complexity index is 1510. The molecule has 0 aromatic heterocycles. The molecular formula is C29H26Cl2N2O7. The van der Waals surface area contributed by atoms with Crippen molar-refractivity contribution in [1.29, 1.82) is 0 Å². The Morgan fingerprint density at radius 2 is 1.65 bits per heavy atom. The number of nitrogens with zero attached hydrogens (tertiary/aromatic N) is 2. The highest BCUT2D eigenvalue weighted by Crippen LogP contribution is 2.67. The quantitative estimate of drug-likeness (QED) is 0.332. The van der Waals surface area contributed by atoms with Gasteiger partial charge in [-0.05, 0) is 30.9 Å². The van der Waals surface area contributed by atoms with E-state index in [1.54, 1.807) is 36.4 Å². The normalized spacial score (nSPS) is 33.0. The summed E-state index contributed by atoms with van der Waals surface area (Å²) in [5.74, 6) is -5.38. The molecule has 40 heavy (non-hydrogen) atoms. The van der Waals surface area contributed by atoms with Gasteiger partial charge < -0.3 is 14.6 Å². The maximum atomic E-state index is 14.0. The number of hydrogen-bond donors (Lipinski definition) is 1. The molecule has 4 amide bonds. The number of allylic oxidation sites excluding steroid dienone is 2. The molecule has 2 aromatic carbocycles. The standard InChI is InChI=1S/C29H26Cl2N2O7/c1-32-26(37)28(30)13-18-16(9-10-17-21(18)25(36)33(24(17)35)14-7-5-4-6-8-14)23(29(28,31)27(32)38)22-19(34)11-15(39-2)12-20(22)40-3/h4-9,11-12,17-18,21,23,34H,10,13H2,1-3H3. The SMILES string of the molecule is COc1cc(O)c(C2C3=CCC4C(=O)N(c5ccccc5)C(=O)C4C3CC3(Cl)C(=O)N(C)C(=O)C23Cl)c(OC)c1. The van der Waals surface area contributed by atoms with Crippen LogP contribution in [0.3, 0.4) is 0 Å². The zero-order valence-electron chi connectivity index (χ0n) is 21.9. The summed E-state index contributed by atoms with van der Waals surface area (Å²) in [5, 5.41) is 11.3. The summed E-state index contributed by atoms with van der Waals surface area (Å²) < 4.78 is 10.9. The summed E-state index contributed by atoms with van der Waals surface area (Å²) in [6.07, 6.45) is 1.87. The molecule has 2 aliphatic carbocycles. The van der Waals surface area contributed by atoms with Crippen LogP contribution in [0.5, 0.6) is 17.2 Å². The molecule has 4 aliphatic rings. The van der Waals surface area contributed by atoms with Gasteiger partial charge in [-0.25, -0.2) is 0 Å². The fourth-order valence-electron chi connectivity index (χ4n) is 7.06. The molecule has 2 heterocycles. The highest BCUT2D eigenvalue weighted by molar-refractivity contribution is 6.53. The number of alkyl halides is 2. The Balaban J connectivity index is 1.57. The van der Waals surface area contributed by atoms with E-state index in [4.69, 9.17) is 32.7 Å². The van der Waals surface area contributed by atoms with Gasteiger partial charge in [0.15, 0.2) is 9.75 Å². The first-order valence-corrected chi connectivity index (χ1v) is 13.5. The molecule has 0 bridgehead atoms. The van der Waals surface area contributed by atoms with Crippen molar-refractivity contribution >= 4 is 52.5 Å². The molecule has 11 heteroatoms. The molecule has 2 saturated heterocycles. The largest absolute Gasteiger partial charge is 0.507 e. The second-order valence-corrected chi connectivity index (χ2v) is 11.8. The summed E-state index contributed by atoms with van der Waals surface area (Å²) in [4.78, 5) is 52.9. The smallest absolute Gasteiger partial charge is 0.253 e. The first-order valence-electron chi connectivity index (χ1n) is 12.8. The predicted molar refractivity (Wildman–Crippen MR) is 146 cm³/mol. The second-order valence-electron chi connectivity index (χ2n) is 10.6. The first-order chi connectivity index (χ1) is 19.0. The number of phenols is 1. The van der Waals surface area contributed by atoms with Crippen LogP contribution in [-0.4, -0.2) is 64.7 Å². The average molecular weight is 585 g/mol. The van der Waals surface area contributed by atoms with Gasteiger partial charge >= 0.3 is 0 Å². The number of carbonyl (C=O) groups excluding carboxylic acids is 4. The zero-order chi connectivity index (χ0) is 28.7. The van der Waals surface area contributed by atoms with E-state index < -0.39 is 51.1 Å². The molecule has 3 fully saturated rings. The Morgan fingerprint density at radius 1 is 0.950 bits per heavy atom. The Hall–Kier alpha value is -3.56. The number of rotatable bonds is 4. The van der Waals surface area contributed by atoms with E-state index in [1.807, 2.05) is 0 Å². The van der Waals surface area contributed by atoms with Crippen molar-refractivity contribution in [3.63, 3.8) is 0 Å². The number of ether oxygens (including phenoxy) is 2. The van der Waals surface area contributed by atoms with Crippen LogP contribution in [0.15, 0.2) is 54.1 Å². The molecule has 9 nitrogen and oxygen atoms in total. The van der Waals surface area contributed by atoms with Crippen molar-refractivity contribution in [2.45, 2.75) is 28.5 Å². The van der Waals surface area contributed by atoms with Gasteiger partial charge in [-0.15, -0.1) is 23.2 Å². The van der Waals surface area contributed by atoms with Crippen LogP contribution >= 0.6 is 23.2 Å². The number of imide groups is 2. The minimum Gasteiger partial charge on any atom is -0.507 e. The summed E-state index contributed by atoms with van der Waals surface area (Å²) in [6.45, 7) is 0. The lowest BCUT2D eigenvalue weighted by atomic mass is 9.56. The van der Waals surface area contributed by atoms with Crippen molar-refractivity contribution < 1.29 is 33.8 Å². The molecule has 208 valence electrons. The Labute approximate surface area is 240 Å². The van der Waals surface area contributed by atoms with Gasteiger partial charge in [0.25, 0.3) is 11.8 Å². The summed E-state index contributed by atoms with van der Waals surface area (Å²) in [7, 11) is 4.13. The van der Waals surface area contributed by atoms with Crippen molar-refractivity contribution in [1.82, 2.24) is 4.90 Å². The number of carbonyl (C=O) groups is 4. The lowest BCUT2D eigenvalue weighted by Gasteiger charge is -2.51. The van der Waals surface area contributed by atoms with E-state index in [2.05, 4.69) is 0 Å². The van der Waals surface area contributed by atoms with Crippen LogP contribution < -0.4 is 14.4 Å². The average Bonchev–Trinajstić information content (AvgIpc) is 3.28. The fourth-order valence-corrected chi connectivity index (χ4v) is 8.06. The fraction of sp³-hybridized carbons (Fsp3) is 0.379. The second kappa shape index (κ2) is 8.97. The van der Waals surface area contributed by atoms with Crippen molar-refractivity contribution in [3.05, 3.63) is 59.7 Å². The van der Waals surface area contributed by atoms with E-state index in [0.717, 1.165) is 4.90 Å². The molecule has 1 saturated carbocycles. The number of aromatic hydroxyl groups is 1. The lowest BCUT2D eigenvalue weighted by Crippen LogP contribution is -2.60. The maximum Gasteiger partial charge on any atom is 0.253 e. The Kier molecular flexibility index (Phi) is 5.98. The number of phenolic OH excluding ortho intramolecular Hbond substituents is 1. The lowest BCUT2D eigenvalue weighted by molar-refractivity contribution is -0.138. The van der Waals surface area contributed by atoms with Gasteiger partial charge in [0.05, 0.1) is 31.7 Å². The maximum absolute atomic E-state index is 14.0. The van der Waals surface area contributed by atoms with Crippen LogP contribution in [0.4, 0.5) is 5.69 Å². The Morgan fingerprint density at radius 3 is 2.30 bits per heavy atom. The summed E-state index contributed by atoms with van der Waals surface area (Å²) in [5.41, 5.74) is 1.15. The topological polar surface area (TPSA) is 113 Å². The molecule has 0 radical (unpaired) electrons. The predicted octanol–water partition coefficient (Wildman–Crippen LogP) is 3.60. The highest BCUT2D eigenvalue weighted by atomic mass is 35.5. The number of hydrogen-bond acceptors (Lipinski definition) is 7. The van der Waals surface area contributed by atoms with Gasteiger partial charge in [0.1, 0.15) is 17.2 Å². The van der Waals surface area contributed by atoms with E-state index in [1.165, 1.54) is 38.3 Å². The van der Waals surface area contributed by atoms with Crippen molar-refractivity contribution in [3.8, 4) is 17.2 Å². The number of halogens is 2. The summed E-state index contributed by atoms with van der Waals surface area (Å²) in [6, 6.07) is 11.5. The number of methoxy groups -OCH3 is 2. The number of likely N-dealkylation sites (tertiary alicyclic amines) is 1.